The summed E-state index contributed by atoms with van der Waals surface area (Å²) in [6, 6.07) is 0.00148. The summed E-state index contributed by atoms with van der Waals surface area (Å²) in [6.07, 6.45) is -5.04. The molecule has 0 atom stereocenters. The van der Waals surface area contributed by atoms with Gasteiger partial charge in [-0.1, -0.05) is 58.0 Å². The molecule has 1 aromatic heterocycles. The molecule has 0 unspecified atom stereocenters. The Morgan fingerprint density at radius 1 is 0.739 bits per heavy atom. The van der Waals surface area contributed by atoms with Gasteiger partial charge < -0.3 is 0 Å². The van der Waals surface area contributed by atoms with Crippen molar-refractivity contribution in [2.75, 3.05) is 0 Å². The lowest BCUT2D eigenvalue weighted by Crippen LogP contribution is -2.11. The summed E-state index contributed by atoms with van der Waals surface area (Å²) in [5.74, 6) is -3.38. The number of alkyl halides is 3. The summed E-state index contributed by atoms with van der Waals surface area (Å²) in [7, 11) is 0. The molecule has 0 spiro atoms. The van der Waals surface area contributed by atoms with E-state index in [1.165, 1.54) is 0 Å². The summed E-state index contributed by atoms with van der Waals surface area (Å²) in [5.41, 5.74) is -3.31. The van der Waals surface area contributed by atoms with Crippen molar-refractivity contribution in [3.8, 4) is 11.1 Å². The molecule has 0 amide bonds. The van der Waals surface area contributed by atoms with Crippen molar-refractivity contribution in [1.82, 2.24) is 4.98 Å². The third-order valence-corrected chi connectivity index (χ3v) is 4.95. The van der Waals surface area contributed by atoms with Crippen LogP contribution in [0.2, 0.25) is 25.1 Å². The molecule has 0 aliphatic carbocycles. The first-order valence-corrected chi connectivity index (χ1v) is 7.30. The predicted octanol–water partition coefficient (Wildman–Crippen LogP) is 7.31. The van der Waals surface area contributed by atoms with Crippen LogP contribution < -0.4 is 0 Å². The molecule has 0 aliphatic heterocycles. The number of pyridine rings is 1. The van der Waals surface area contributed by atoms with Crippen LogP contribution in [0.5, 0.6) is 0 Å². The maximum absolute atomic E-state index is 14.0. The number of aromatic nitrogens is 1. The van der Waals surface area contributed by atoms with Crippen LogP contribution in [0.3, 0.4) is 0 Å². The highest BCUT2D eigenvalue weighted by Gasteiger charge is 2.36. The van der Waals surface area contributed by atoms with Crippen LogP contribution in [0.15, 0.2) is 6.07 Å². The first-order chi connectivity index (χ1) is 10.5. The van der Waals surface area contributed by atoms with Gasteiger partial charge in [-0.15, -0.1) is 0 Å². The number of benzene rings is 1. The molecule has 1 nitrogen and oxygen atoms in total. The van der Waals surface area contributed by atoms with Gasteiger partial charge in [-0.3, -0.25) is 0 Å². The molecule has 0 saturated carbocycles. The third kappa shape index (κ3) is 3.33. The molecule has 1 aromatic carbocycles. The number of hydrogen-bond acceptors (Lipinski definition) is 1. The second-order valence-electron chi connectivity index (χ2n) is 4.10. The standard InChI is InChI=1S/C12HCl5F5N/c13-6-5(7(14)9(16)10(17)8(6)15)4-2(18)1-3(12(20,21)22)23-11(4)19/h1H. The molecular formula is C12HCl5F5N. The first-order valence-electron chi connectivity index (χ1n) is 5.41. The molecule has 11 heteroatoms. The number of hydrogen-bond donors (Lipinski definition) is 0. The number of nitrogens with zero attached hydrogens (tertiary/aromatic N) is 1. The summed E-state index contributed by atoms with van der Waals surface area (Å²) >= 11 is 28.9. The Kier molecular flexibility index (Phi) is 5.24. The lowest BCUT2D eigenvalue weighted by Gasteiger charge is -2.15. The Bertz CT molecular complexity index is 753. The Hall–Kier alpha value is -0.530. The van der Waals surface area contributed by atoms with Gasteiger partial charge in [-0.2, -0.15) is 17.6 Å². The normalized spacial score (nSPS) is 11.9. The minimum atomic E-state index is -5.04. The van der Waals surface area contributed by atoms with E-state index in [9.17, 15) is 22.0 Å². The van der Waals surface area contributed by atoms with Crippen LogP contribution in [-0.2, 0) is 6.18 Å². The van der Waals surface area contributed by atoms with Gasteiger partial charge >= 0.3 is 6.18 Å². The fourth-order valence-corrected chi connectivity index (χ4v) is 3.00. The largest absolute Gasteiger partial charge is 0.433 e. The lowest BCUT2D eigenvalue weighted by atomic mass is 10.1. The van der Waals surface area contributed by atoms with E-state index in [0.717, 1.165) is 0 Å². The Labute approximate surface area is 150 Å². The zero-order valence-electron chi connectivity index (χ0n) is 10.3. The van der Waals surface area contributed by atoms with Crippen molar-refractivity contribution in [2.24, 2.45) is 0 Å². The molecule has 0 bridgehead atoms. The Morgan fingerprint density at radius 2 is 1.17 bits per heavy atom. The van der Waals surface area contributed by atoms with Gasteiger partial charge in [0.2, 0.25) is 5.95 Å². The van der Waals surface area contributed by atoms with E-state index in [1.807, 2.05) is 0 Å². The molecule has 0 radical (unpaired) electrons. The van der Waals surface area contributed by atoms with E-state index in [4.69, 9.17) is 58.0 Å². The van der Waals surface area contributed by atoms with Gasteiger partial charge in [-0.25, -0.2) is 9.37 Å². The van der Waals surface area contributed by atoms with E-state index < -0.39 is 44.8 Å². The summed E-state index contributed by atoms with van der Waals surface area (Å²) in [5, 5.41) is -1.96. The van der Waals surface area contributed by atoms with E-state index >= 15 is 0 Å². The predicted molar refractivity (Wildman–Crippen MR) is 79.6 cm³/mol. The van der Waals surface area contributed by atoms with Crippen molar-refractivity contribution < 1.29 is 22.0 Å². The highest BCUT2D eigenvalue weighted by Crippen LogP contribution is 2.49. The van der Waals surface area contributed by atoms with Gasteiger partial charge in [0.25, 0.3) is 0 Å². The van der Waals surface area contributed by atoms with Crippen molar-refractivity contribution in [3.05, 3.63) is 48.6 Å². The van der Waals surface area contributed by atoms with Gasteiger partial charge in [0.15, 0.2) is 5.69 Å². The molecule has 0 fully saturated rings. The molecule has 23 heavy (non-hydrogen) atoms. The zero-order valence-corrected chi connectivity index (χ0v) is 14.1. The average Bonchev–Trinajstić information content (AvgIpc) is 2.44. The lowest BCUT2D eigenvalue weighted by molar-refractivity contribution is -0.141. The summed E-state index contributed by atoms with van der Waals surface area (Å²) in [4.78, 5) is 2.68. The van der Waals surface area contributed by atoms with Crippen molar-refractivity contribution in [3.63, 3.8) is 0 Å². The smallest absolute Gasteiger partial charge is 0.214 e. The maximum atomic E-state index is 14.0. The monoisotopic (exact) mass is 429 g/mol. The van der Waals surface area contributed by atoms with Gasteiger partial charge in [0.1, 0.15) is 5.82 Å². The minimum Gasteiger partial charge on any atom is -0.214 e. The van der Waals surface area contributed by atoms with Crippen LogP contribution in [0.4, 0.5) is 22.0 Å². The van der Waals surface area contributed by atoms with E-state index in [0.29, 0.717) is 0 Å². The maximum Gasteiger partial charge on any atom is 0.433 e. The fraction of sp³-hybridized carbons (Fsp3) is 0.0833. The van der Waals surface area contributed by atoms with E-state index in [1.54, 1.807) is 0 Å². The van der Waals surface area contributed by atoms with Crippen molar-refractivity contribution in [1.29, 1.82) is 0 Å². The van der Waals surface area contributed by atoms with Crippen LogP contribution in [0.25, 0.3) is 11.1 Å². The topological polar surface area (TPSA) is 12.9 Å². The molecule has 0 saturated heterocycles. The molecule has 0 aliphatic rings. The first kappa shape index (κ1) is 18.8. The number of rotatable bonds is 1. The van der Waals surface area contributed by atoms with Crippen LogP contribution in [0.1, 0.15) is 5.69 Å². The van der Waals surface area contributed by atoms with Gasteiger partial charge in [-0.05, 0) is 0 Å². The Morgan fingerprint density at radius 3 is 1.57 bits per heavy atom. The second kappa shape index (κ2) is 6.41. The fourth-order valence-electron chi connectivity index (χ4n) is 1.68. The highest BCUT2D eigenvalue weighted by atomic mass is 35.5. The van der Waals surface area contributed by atoms with Crippen LogP contribution >= 0.6 is 58.0 Å². The van der Waals surface area contributed by atoms with Gasteiger partial charge in [0, 0.05) is 11.6 Å². The average molecular weight is 431 g/mol. The van der Waals surface area contributed by atoms with Gasteiger partial charge in [0.05, 0.1) is 30.7 Å². The molecule has 1 heterocycles. The van der Waals surface area contributed by atoms with Crippen molar-refractivity contribution >= 4 is 58.0 Å². The zero-order chi connectivity index (χ0) is 17.7. The molecule has 0 N–H and O–H groups in total. The SMILES string of the molecule is Fc1cc(C(F)(F)F)nc(F)c1-c1c(Cl)c(Cl)c(Cl)c(Cl)c1Cl. The molecule has 2 rings (SSSR count). The minimum absolute atomic E-state index is 0.00148. The molecular weight excluding hydrogens is 430 g/mol. The molecule has 2 aromatic rings. The Balaban J connectivity index is 2.84. The number of halogens is 10. The van der Waals surface area contributed by atoms with Crippen molar-refractivity contribution in [2.45, 2.75) is 6.18 Å². The third-order valence-electron chi connectivity index (χ3n) is 2.68. The van der Waals surface area contributed by atoms with E-state index in [-0.39, 0.29) is 21.1 Å². The summed E-state index contributed by atoms with van der Waals surface area (Å²) < 4.78 is 65.5. The van der Waals surface area contributed by atoms with Crippen LogP contribution in [0, 0.1) is 11.8 Å². The molecule has 124 valence electrons. The van der Waals surface area contributed by atoms with E-state index in [2.05, 4.69) is 4.98 Å². The highest BCUT2D eigenvalue weighted by molar-refractivity contribution is 6.56. The second-order valence-corrected chi connectivity index (χ2v) is 5.99. The van der Waals surface area contributed by atoms with Crippen LogP contribution in [-0.4, -0.2) is 4.98 Å². The summed E-state index contributed by atoms with van der Waals surface area (Å²) in [6.45, 7) is 0. The quantitative estimate of drug-likeness (QED) is 0.200.